The Morgan fingerprint density at radius 3 is 2.74 bits per heavy atom. The highest BCUT2D eigenvalue weighted by atomic mass is 16.5. The van der Waals surface area contributed by atoms with Crippen molar-refractivity contribution in [1.29, 1.82) is 0 Å². The number of hydrogen-bond donors (Lipinski definition) is 2. The molecule has 0 saturated carbocycles. The number of aliphatic hydroxyl groups is 1. The van der Waals surface area contributed by atoms with Gasteiger partial charge in [0, 0.05) is 13.2 Å². The summed E-state index contributed by atoms with van der Waals surface area (Å²) in [6.45, 7) is 6.91. The molecule has 19 heavy (non-hydrogen) atoms. The molecular weight excluding hydrogens is 242 g/mol. The Bertz CT molecular complexity index is 418. The van der Waals surface area contributed by atoms with E-state index >= 15 is 0 Å². The molecule has 4 nitrogen and oxygen atoms in total. The van der Waals surface area contributed by atoms with Crippen LogP contribution in [0.3, 0.4) is 0 Å². The van der Waals surface area contributed by atoms with Crippen LogP contribution < -0.4 is 10.1 Å². The van der Waals surface area contributed by atoms with Gasteiger partial charge in [-0.15, -0.1) is 0 Å². The third-order valence-electron chi connectivity index (χ3n) is 3.04. The lowest BCUT2D eigenvalue weighted by atomic mass is 10.1. The molecule has 106 valence electrons. The molecule has 1 amide bonds. The van der Waals surface area contributed by atoms with Crippen LogP contribution in [0, 0.1) is 19.8 Å². The summed E-state index contributed by atoms with van der Waals surface area (Å²) in [4.78, 5) is 11.5. The zero-order valence-electron chi connectivity index (χ0n) is 11.9. The lowest BCUT2D eigenvalue weighted by Crippen LogP contribution is -2.30. The molecule has 0 aromatic heterocycles. The molecule has 0 saturated heterocycles. The Kier molecular flexibility index (Phi) is 6.36. The fourth-order valence-corrected chi connectivity index (χ4v) is 1.51. The second kappa shape index (κ2) is 7.79. The van der Waals surface area contributed by atoms with E-state index in [4.69, 9.17) is 9.84 Å². The van der Waals surface area contributed by atoms with Gasteiger partial charge in [-0.3, -0.25) is 4.79 Å². The van der Waals surface area contributed by atoms with Crippen molar-refractivity contribution in [2.45, 2.75) is 27.2 Å². The van der Waals surface area contributed by atoms with Crippen molar-refractivity contribution in [1.82, 2.24) is 5.32 Å². The summed E-state index contributed by atoms with van der Waals surface area (Å²) in [5.41, 5.74) is 2.40. The van der Waals surface area contributed by atoms with Crippen LogP contribution in [0.2, 0.25) is 0 Å². The molecule has 0 fully saturated rings. The molecule has 4 heteroatoms. The van der Waals surface area contributed by atoms with Crippen LogP contribution in [-0.2, 0) is 4.79 Å². The first-order valence-corrected chi connectivity index (χ1v) is 6.60. The zero-order valence-corrected chi connectivity index (χ0v) is 11.9. The molecule has 0 spiro atoms. The first-order valence-electron chi connectivity index (χ1n) is 6.60. The third kappa shape index (κ3) is 5.75. The molecule has 1 aromatic carbocycles. The van der Waals surface area contributed by atoms with Crippen molar-refractivity contribution in [3.63, 3.8) is 0 Å². The van der Waals surface area contributed by atoms with E-state index in [1.165, 1.54) is 11.1 Å². The molecule has 2 N–H and O–H groups in total. The van der Waals surface area contributed by atoms with Gasteiger partial charge in [0.1, 0.15) is 5.75 Å². The molecule has 1 unspecified atom stereocenters. The second-order valence-corrected chi connectivity index (χ2v) is 4.94. The number of rotatable bonds is 7. The molecule has 1 rings (SSSR count). The summed E-state index contributed by atoms with van der Waals surface area (Å²) in [5, 5.41) is 11.6. The van der Waals surface area contributed by atoms with Gasteiger partial charge in [-0.1, -0.05) is 13.0 Å². The SMILES string of the molecule is Cc1ccc(OCCC(=O)NCC(C)CO)cc1C. The van der Waals surface area contributed by atoms with E-state index in [1.807, 2.05) is 32.0 Å². The predicted molar refractivity (Wildman–Crippen MR) is 75.3 cm³/mol. The summed E-state index contributed by atoms with van der Waals surface area (Å²) < 4.78 is 5.54. The van der Waals surface area contributed by atoms with Gasteiger partial charge in [0.2, 0.25) is 5.91 Å². The van der Waals surface area contributed by atoms with Crippen LogP contribution >= 0.6 is 0 Å². The normalized spacial score (nSPS) is 12.0. The Morgan fingerprint density at radius 1 is 1.37 bits per heavy atom. The van der Waals surface area contributed by atoms with E-state index in [9.17, 15) is 4.79 Å². The Balaban J connectivity index is 2.26. The van der Waals surface area contributed by atoms with Gasteiger partial charge in [0.25, 0.3) is 0 Å². The molecule has 0 aliphatic heterocycles. The number of carbonyl (C=O) groups is 1. The zero-order chi connectivity index (χ0) is 14.3. The first kappa shape index (κ1) is 15.5. The highest BCUT2D eigenvalue weighted by molar-refractivity contribution is 5.75. The molecule has 1 aromatic rings. The van der Waals surface area contributed by atoms with E-state index in [2.05, 4.69) is 12.2 Å². The molecule has 0 aliphatic carbocycles. The molecule has 1 atom stereocenters. The summed E-state index contributed by atoms with van der Waals surface area (Å²) in [6.07, 6.45) is 0.324. The lowest BCUT2D eigenvalue weighted by Gasteiger charge is -2.11. The number of aryl methyl sites for hydroxylation is 2. The number of carbonyl (C=O) groups excluding carboxylic acids is 1. The second-order valence-electron chi connectivity index (χ2n) is 4.94. The highest BCUT2D eigenvalue weighted by Crippen LogP contribution is 2.16. The fraction of sp³-hybridized carbons (Fsp3) is 0.533. The molecule has 0 heterocycles. The van der Waals surface area contributed by atoms with Crippen molar-refractivity contribution < 1.29 is 14.6 Å². The van der Waals surface area contributed by atoms with Gasteiger partial charge >= 0.3 is 0 Å². The Labute approximate surface area is 114 Å². The van der Waals surface area contributed by atoms with Crippen LogP contribution in [0.4, 0.5) is 0 Å². The molecule has 0 radical (unpaired) electrons. The highest BCUT2D eigenvalue weighted by Gasteiger charge is 2.05. The average molecular weight is 265 g/mol. The largest absolute Gasteiger partial charge is 0.493 e. The lowest BCUT2D eigenvalue weighted by molar-refractivity contribution is -0.121. The van der Waals surface area contributed by atoms with Gasteiger partial charge in [-0.05, 0) is 43.0 Å². The fourth-order valence-electron chi connectivity index (χ4n) is 1.51. The van der Waals surface area contributed by atoms with Gasteiger partial charge in [-0.25, -0.2) is 0 Å². The smallest absolute Gasteiger partial charge is 0.223 e. The van der Waals surface area contributed by atoms with Crippen molar-refractivity contribution >= 4 is 5.91 Å². The van der Waals surface area contributed by atoms with Crippen LogP contribution in [-0.4, -0.2) is 30.8 Å². The topological polar surface area (TPSA) is 58.6 Å². The minimum atomic E-state index is -0.0517. The van der Waals surface area contributed by atoms with E-state index in [1.54, 1.807) is 0 Å². The first-order chi connectivity index (χ1) is 9.02. The predicted octanol–water partition coefficient (Wildman–Crippen LogP) is 1.82. The van der Waals surface area contributed by atoms with E-state index in [-0.39, 0.29) is 18.4 Å². The monoisotopic (exact) mass is 265 g/mol. The van der Waals surface area contributed by atoms with Gasteiger partial charge in [0.15, 0.2) is 0 Å². The van der Waals surface area contributed by atoms with Gasteiger partial charge in [-0.2, -0.15) is 0 Å². The quantitative estimate of drug-likeness (QED) is 0.790. The number of amides is 1. The maximum absolute atomic E-state index is 11.5. The maximum Gasteiger partial charge on any atom is 0.223 e. The van der Waals surface area contributed by atoms with E-state index in [0.29, 0.717) is 19.6 Å². The van der Waals surface area contributed by atoms with Crippen molar-refractivity contribution in [3.8, 4) is 5.75 Å². The van der Waals surface area contributed by atoms with Crippen molar-refractivity contribution in [3.05, 3.63) is 29.3 Å². The molecule has 0 aliphatic rings. The minimum absolute atomic E-state index is 0.0517. The van der Waals surface area contributed by atoms with E-state index < -0.39 is 0 Å². The summed E-state index contributed by atoms with van der Waals surface area (Å²) in [6, 6.07) is 5.89. The van der Waals surface area contributed by atoms with Crippen LogP contribution in [0.1, 0.15) is 24.5 Å². The minimum Gasteiger partial charge on any atom is -0.493 e. The van der Waals surface area contributed by atoms with Gasteiger partial charge < -0.3 is 15.2 Å². The number of nitrogens with one attached hydrogen (secondary N) is 1. The molecule has 0 bridgehead atoms. The Hall–Kier alpha value is -1.55. The number of aliphatic hydroxyl groups excluding tert-OH is 1. The van der Waals surface area contributed by atoms with Crippen molar-refractivity contribution in [2.24, 2.45) is 5.92 Å². The summed E-state index contributed by atoms with van der Waals surface area (Å²) in [7, 11) is 0. The summed E-state index contributed by atoms with van der Waals surface area (Å²) >= 11 is 0. The average Bonchev–Trinajstić information content (AvgIpc) is 2.40. The number of benzene rings is 1. The van der Waals surface area contributed by atoms with Crippen LogP contribution in [0.5, 0.6) is 5.75 Å². The number of hydrogen-bond acceptors (Lipinski definition) is 3. The number of ether oxygens (including phenoxy) is 1. The maximum atomic E-state index is 11.5. The third-order valence-corrected chi connectivity index (χ3v) is 3.04. The molecular formula is C15H23NO3. The van der Waals surface area contributed by atoms with Crippen LogP contribution in [0.25, 0.3) is 0 Å². The van der Waals surface area contributed by atoms with Crippen molar-refractivity contribution in [2.75, 3.05) is 19.8 Å². The van der Waals surface area contributed by atoms with E-state index in [0.717, 1.165) is 5.75 Å². The summed E-state index contributed by atoms with van der Waals surface area (Å²) in [5.74, 6) is 0.827. The Morgan fingerprint density at radius 2 is 2.11 bits per heavy atom. The standard InChI is InChI=1S/C15H23NO3/c1-11(10-17)9-16-15(18)6-7-19-14-5-4-12(2)13(3)8-14/h4-5,8,11,17H,6-7,9-10H2,1-3H3,(H,16,18). The van der Waals surface area contributed by atoms with Gasteiger partial charge in [0.05, 0.1) is 13.0 Å². The van der Waals surface area contributed by atoms with Crippen LogP contribution in [0.15, 0.2) is 18.2 Å².